The Morgan fingerprint density at radius 3 is 2.13 bits per heavy atom. The van der Waals surface area contributed by atoms with Crippen molar-refractivity contribution < 1.29 is 14.3 Å². The fourth-order valence-corrected chi connectivity index (χ4v) is 3.56. The van der Waals surface area contributed by atoms with Crippen molar-refractivity contribution in [3.05, 3.63) is 108 Å². The van der Waals surface area contributed by atoms with Crippen molar-refractivity contribution >= 4 is 23.1 Å². The smallest absolute Gasteiger partial charge is 0.339 e. The van der Waals surface area contributed by atoms with E-state index in [1.807, 2.05) is 48.5 Å². The van der Waals surface area contributed by atoms with Crippen molar-refractivity contribution in [2.24, 2.45) is 0 Å². The number of hydrogen-bond acceptors (Lipinski definition) is 3. The first-order valence-electron chi connectivity index (χ1n) is 10.1. The maximum absolute atomic E-state index is 12.9. The Morgan fingerprint density at radius 1 is 0.833 bits per heavy atom. The van der Waals surface area contributed by atoms with E-state index in [-0.39, 0.29) is 0 Å². The van der Waals surface area contributed by atoms with Crippen molar-refractivity contribution in [3.63, 3.8) is 0 Å². The van der Waals surface area contributed by atoms with Gasteiger partial charge in [-0.25, -0.2) is 4.79 Å². The monoisotopic (exact) mass is 397 g/mol. The Balaban J connectivity index is 1.52. The lowest BCUT2D eigenvalue weighted by Gasteiger charge is -2.18. The molecule has 0 heterocycles. The van der Waals surface area contributed by atoms with Gasteiger partial charge < -0.3 is 10.1 Å². The number of carbonyl (C=O) groups excluding carboxylic acids is 2. The van der Waals surface area contributed by atoms with Crippen LogP contribution < -0.4 is 5.32 Å². The molecule has 4 heteroatoms. The number of allylic oxidation sites excluding steroid dienone is 2. The molecule has 4 rings (SSSR count). The first-order chi connectivity index (χ1) is 14.7. The zero-order valence-electron chi connectivity index (χ0n) is 16.6. The van der Waals surface area contributed by atoms with E-state index in [1.54, 1.807) is 36.4 Å². The molecule has 3 aromatic carbocycles. The molecule has 0 fully saturated rings. The summed E-state index contributed by atoms with van der Waals surface area (Å²) < 4.78 is 5.66. The fourth-order valence-electron chi connectivity index (χ4n) is 3.56. The minimum absolute atomic E-state index is 0.395. The highest BCUT2D eigenvalue weighted by atomic mass is 16.5. The molecule has 4 nitrogen and oxygen atoms in total. The van der Waals surface area contributed by atoms with E-state index in [9.17, 15) is 9.59 Å². The highest BCUT2D eigenvalue weighted by Gasteiger charge is 2.26. The minimum Gasteiger partial charge on any atom is -0.444 e. The molecule has 1 amide bonds. The second-order valence-electron chi connectivity index (χ2n) is 7.25. The molecule has 0 radical (unpaired) electrons. The zero-order chi connectivity index (χ0) is 20.8. The SMILES string of the molecule is O=C(OC(C(=O)Nc1ccccc1)c1ccccc1)c1ccc(C2=CCCC2)cc1. The van der Waals surface area contributed by atoms with Gasteiger partial charge >= 0.3 is 5.97 Å². The number of ether oxygens (including phenoxy) is 1. The molecular formula is C26H23NO3. The third-order valence-corrected chi connectivity index (χ3v) is 5.14. The third kappa shape index (κ3) is 4.66. The molecule has 1 unspecified atom stereocenters. The van der Waals surface area contributed by atoms with Gasteiger partial charge in [0.25, 0.3) is 5.91 Å². The normalized spacial score (nSPS) is 13.9. The van der Waals surface area contributed by atoms with E-state index in [0.717, 1.165) is 18.4 Å². The van der Waals surface area contributed by atoms with Crippen molar-refractivity contribution in [2.75, 3.05) is 5.32 Å². The van der Waals surface area contributed by atoms with Crippen LogP contribution in [0, 0.1) is 0 Å². The first kappa shape index (κ1) is 19.6. The molecule has 1 atom stereocenters. The fraction of sp³-hybridized carbons (Fsp3) is 0.154. The van der Waals surface area contributed by atoms with Crippen LogP contribution >= 0.6 is 0 Å². The number of hydrogen-bond donors (Lipinski definition) is 1. The number of anilines is 1. The van der Waals surface area contributed by atoms with Gasteiger partial charge in [0.1, 0.15) is 0 Å². The van der Waals surface area contributed by atoms with Gasteiger partial charge in [-0.3, -0.25) is 4.79 Å². The summed E-state index contributed by atoms with van der Waals surface area (Å²) in [4.78, 5) is 25.7. The van der Waals surface area contributed by atoms with E-state index in [2.05, 4.69) is 11.4 Å². The summed E-state index contributed by atoms with van der Waals surface area (Å²) in [7, 11) is 0. The van der Waals surface area contributed by atoms with Gasteiger partial charge in [-0.05, 0) is 54.7 Å². The van der Waals surface area contributed by atoms with Crippen LogP contribution in [0.3, 0.4) is 0 Å². The Hall–Kier alpha value is -3.66. The summed E-state index contributed by atoms with van der Waals surface area (Å²) >= 11 is 0. The van der Waals surface area contributed by atoms with E-state index < -0.39 is 18.0 Å². The lowest BCUT2D eigenvalue weighted by atomic mass is 10.0. The van der Waals surface area contributed by atoms with Gasteiger partial charge in [0.15, 0.2) is 0 Å². The van der Waals surface area contributed by atoms with Crippen molar-refractivity contribution in [3.8, 4) is 0 Å². The molecule has 1 N–H and O–H groups in total. The summed E-state index contributed by atoms with van der Waals surface area (Å²) in [6.07, 6.45) is 4.55. The largest absolute Gasteiger partial charge is 0.444 e. The van der Waals surface area contributed by atoms with Crippen molar-refractivity contribution in [2.45, 2.75) is 25.4 Å². The minimum atomic E-state index is -1.05. The van der Waals surface area contributed by atoms with Crippen LogP contribution in [0.15, 0.2) is 91.0 Å². The number of rotatable bonds is 6. The van der Waals surface area contributed by atoms with Crippen molar-refractivity contribution in [1.29, 1.82) is 0 Å². The standard InChI is InChI=1S/C26H23NO3/c28-25(27-23-13-5-2-6-14-23)24(21-11-3-1-4-12-21)30-26(29)22-17-15-20(16-18-22)19-9-7-8-10-19/h1-6,9,11-18,24H,7-8,10H2,(H,27,28). The van der Waals surface area contributed by atoms with Crippen LogP contribution in [0.1, 0.15) is 46.9 Å². The van der Waals surface area contributed by atoms with Gasteiger partial charge in [0.2, 0.25) is 6.10 Å². The number of esters is 1. The Kier molecular flexibility index (Phi) is 6.04. The number of nitrogens with one attached hydrogen (secondary N) is 1. The molecule has 0 saturated carbocycles. The molecule has 0 saturated heterocycles. The van der Waals surface area contributed by atoms with Crippen LogP contribution in [0.4, 0.5) is 5.69 Å². The molecule has 0 bridgehead atoms. The Labute approximate surface area is 176 Å². The Morgan fingerprint density at radius 2 is 1.50 bits per heavy atom. The van der Waals surface area contributed by atoms with Crippen LogP contribution in [0.25, 0.3) is 5.57 Å². The lowest BCUT2D eigenvalue weighted by Crippen LogP contribution is -2.26. The molecule has 1 aliphatic carbocycles. The number of carbonyl (C=O) groups is 2. The van der Waals surface area contributed by atoms with Gasteiger partial charge in [-0.2, -0.15) is 0 Å². The third-order valence-electron chi connectivity index (χ3n) is 5.14. The predicted octanol–water partition coefficient (Wildman–Crippen LogP) is 5.79. The average Bonchev–Trinajstić information content (AvgIpc) is 3.34. The number of benzene rings is 3. The van der Waals surface area contributed by atoms with E-state index in [0.29, 0.717) is 16.8 Å². The van der Waals surface area contributed by atoms with Crippen LogP contribution in [-0.4, -0.2) is 11.9 Å². The molecular weight excluding hydrogens is 374 g/mol. The highest BCUT2D eigenvalue weighted by Crippen LogP contribution is 2.28. The maximum Gasteiger partial charge on any atom is 0.339 e. The highest BCUT2D eigenvalue weighted by molar-refractivity contribution is 5.98. The number of amides is 1. The second-order valence-corrected chi connectivity index (χ2v) is 7.25. The van der Waals surface area contributed by atoms with E-state index >= 15 is 0 Å². The van der Waals surface area contributed by atoms with E-state index in [1.165, 1.54) is 12.0 Å². The average molecular weight is 397 g/mol. The predicted molar refractivity (Wildman–Crippen MR) is 118 cm³/mol. The molecule has 0 aliphatic heterocycles. The van der Waals surface area contributed by atoms with Gasteiger partial charge in [0, 0.05) is 11.3 Å². The molecule has 0 aromatic heterocycles. The maximum atomic E-state index is 12.9. The van der Waals surface area contributed by atoms with Gasteiger partial charge in [-0.1, -0.05) is 66.7 Å². The Bertz CT molecular complexity index is 1040. The van der Waals surface area contributed by atoms with Crippen LogP contribution in [0.2, 0.25) is 0 Å². The van der Waals surface area contributed by atoms with Crippen LogP contribution in [0.5, 0.6) is 0 Å². The van der Waals surface area contributed by atoms with Gasteiger partial charge in [-0.15, -0.1) is 0 Å². The first-order valence-corrected chi connectivity index (χ1v) is 10.1. The molecule has 150 valence electrons. The lowest BCUT2D eigenvalue weighted by molar-refractivity contribution is -0.125. The quantitative estimate of drug-likeness (QED) is 0.536. The molecule has 0 spiro atoms. The zero-order valence-corrected chi connectivity index (χ0v) is 16.6. The van der Waals surface area contributed by atoms with Gasteiger partial charge in [0.05, 0.1) is 5.56 Å². The van der Waals surface area contributed by atoms with Crippen molar-refractivity contribution in [1.82, 2.24) is 0 Å². The summed E-state index contributed by atoms with van der Waals surface area (Å²) in [5, 5.41) is 2.82. The molecule has 3 aromatic rings. The topological polar surface area (TPSA) is 55.4 Å². The summed E-state index contributed by atoms with van der Waals surface area (Å²) in [5.74, 6) is -0.924. The van der Waals surface area contributed by atoms with Crippen LogP contribution in [-0.2, 0) is 9.53 Å². The summed E-state index contributed by atoms with van der Waals surface area (Å²) in [6, 6.07) is 25.6. The second kappa shape index (κ2) is 9.23. The summed E-state index contributed by atoms with van der Waals surface area (Å²) in [5.41, 5.74) is 4.14. The molecule has 1 aliphatic rings. The van der Waals surface area contributed by atoms with E-state index in [4.69, 9.17) is 4.74 Å². The summed E-state index contributed by atoms with van der Waals surface area (Å²) in [6.45, 7) is 0. The molecule has 30 heavy (non-hydrogen) atoms. The number of para-hydroxylation sites is 1.